The molecule has 1 fully saturated rings. The number of thiazole rings is 1. The van der Waals surface area contributed by atoms with Crippen LogP contribution in [0.5, 0.6) is 0 Å². The van der Waals surface area contributed by atoms with Gasteiger partial charge in [-0.1, -0.05) is 29.6 Å². The summed E-state index contributed by atoms with van der Waals surface area (Å²) >= 11 is 13.4. The van der Waals surface area contributed by atoms with Crippen molar-refractivity contribution in [3.63, 3.8) is 0 Å². The maximum absolute atomic E-state index is 12.9. The minimum absolute atomic E-state index is 0.102. The Kier molecular flexibility index (Phi) is 5.28. The van der Waals surface area contributed by atoms with Crippen LogP contribution in [0.15, 0.2) is 29.8 Å². The van der Waals surface area contributed by atoms with Crippen molar-refractivity contribution < 1.29 is 8.42 Å². The molecule has 0 amide bonds. The molecule has 0 N–H and O–H groups in total. The number of halogens is 2. The monoisotopic (exact) mass is 390 g/mol. The van der Waals surface area contributed by atoms with Crippen molar-refractivity contribution in [2.24, 2.45) is 0 Å². The number of rotatable bonds is 4. The Morgan fingerprint density at radius 1 is 1.22 bits per heavy atom. The van der Waals surface area contributed by atoms with Crippen LogP contribution in [0, 0.1) is 0 Å². The molecule has 1 aromatic carbocycles. The van der Waals surface area contributed by atoms with Crippen LogP contribution in [0.4, 0.5) is 0 Å². The van der Waals surface area contributed by atoms with Gasteiger partial charge in [0.15, 0.2) is 0 Å². The van der Waals surface area contributed by atoms with Gasteiger partial charge in [0.25, 0.3) is 0 Å². The fourth-order valence-electron chi connectivity index (χ4n) is 2.87. The maximum atomic E-state index is 12.9. The fraction of sp³-hybridized carbons (Fsp3) is 0.400. The van der Waals surface area contributed by atoms with Crippen LogP contribution < -0.4 is 0 Å². The molecule has 3 rings (SSSR count). The molecule has 4 nitrogen and oxygen atoms in total. The normalized spacial score (nSPS) is 19.8. The summed E-state index contributed by atoms with van der Waals surface area (Å²) in [7, 11) is -3.46. The van der Waals surface area contributed by atoms with E-state index < -0.39 is 10.0 Å². The molecule has 2 aromatic rings. The van der Waals surface area contributed by atoms with Gasteiger partial charge in [0.2, 0.25) is 10.0 Å². The second-order valence-corrected chi connectivity index (χ2v) is 9.25. The molecule has 1 aromatic heterocycles. The van der Waals surface area contributed by atoms with Crippen LogP contribution in [-0.2, 0) is 15.8 Å². The number of hydrogen-bond acceptors (Lipinski definition) is 4. The van der Waals surface area contributed by atoms with E-state index in [1.807, 2.05) is 5.38 Å². The van der Waals surface area contributed by atoms with Gasteiger partial charge in [-0.15, -0.1) is 11.3 Å². The Balaban J connectivity index is 1.87. The number of sulfonamides is 1. The minimum Gasteiger partial charge on any atom is -0.248 e. The van der Waals surface area contributed by atoms with E-state index in [2.05, 4.69) is 4.98 Å². The topological polar surface area (TPSA) is 50.3 Å². The first kappa shape index (κ1) is 17.2. The highest BCUT2D eigenvalue weighted by atomic mass is 35.5. The Labute approximate surface area is 150 Å². The summed E-state index contributed by atoms with van der Waals surface area (Å²) in [5.41, 5.74) is 0.603. The summed E-state index contributed by atoms with van der Waals surface area (Å²) in [5.74, 6) is -0.102. The third kappa shape index (κ3) is 4.06. The molecule has 8 heteroatoms. The molecule has 0 radical (unpaired) electrons. The lowest BCUT2D eigenvalue weighted by molar-refractivity contribution is 0.255. The first-order valence-corrected chi connectivity index (χ1v) is 10.5. The molecule has 1 aliphatic rings. The van der Waals surface area contributed by atoms with Gasteiger partial charge in [-0.25, -0.2) is 13.4 Å². The molecule has 0 unspecified atom stereocenters. The standard InChI is InChI=1S/C15H16Cl2N2O2S2/c16-12-7-11(8-13(17)9-12)10-23(20,21)19-5-2-1-3-14(19)15-18-4-6-22-15/h4,6-9,14H,1-3,5,10H2/t14-/m1/s1. The van der Waals surface area contributed by atoms with Crippen LogP contribution in [0.1, 0.15) is 35.9 Å². The minimum atomic E-state index is -3.46. The van der Waals surface area contributed by atoms with Gasteiger partial charge in [0.05, 0.1) is 11.8 Å². The van der Waals surface area contributed by atoms with Crippen molar-refractivity contribution in [3.05, 3.63) is 50.4 Å². The highest BCUT2D eigenvalue weighted by Crippen LogP contribution is 2.35. The molecular formula is C15H16Cl2N2O2S2. The fourth-order valence-corrected chi connectivity index (χ4v) is 6.05. The van der Waals surface area contributed by atoms with E-state index in [9.17, 15) is 8.42 Å². The average Bonchev–Trinajstić information content (AvgIpc) is 2.99. The largest absolute Gasteiger partial charge is 0.248 e. The van der Waals surface area contributed by atoms with Crippen LogP contribution in [0.2, 0.25) is 10.0 Å². The number of hydrogen-bond donors (Lipinski definition) is 0. The van der Waals surface area contributed by atoms with E-state index in [4.69, 9.17) is 23.2 Å². The van der Waals surface area contributed by atoms with Crippen molar-refractivity contribution >= 4 is 44.6 Å². The van der Waals surface area contributed by atoms with Gasteiger partial charge in [-0.3, -0.25) is 0 Å². The van der Waals surface area contributed by atoms with E-state index in [-0.39, 0.29) is 11.8 Å². The van der Waals surface area contributed by atoms with Crippen molar-refractivity contribution in [1.29, 1.82) is 0 Å². The number of piperidine rings is 1. The molecule has 0 aliphatic carbocycles. The summed E-state index contributed by atoms with van der Waals surface area (Å²) in [6.07, 6.45) is 4.41. The van der Waals surface area contributed by atoms with Crippen molar-refractivity contribution in [1.82, 2.24) is 9.29 Å². The zero-order chi connectivity index (χ0) is 16.4. The highest BCUT2D eigenvalue weighted by Gasteiger charge is 2.34. The van der Waals surface area contributed by atoms with Crippen molar-refractivity contribution in [3.8, 4) is 0 Å². The Morgan fingerprint density at radius 2 is 1.96 bits per heavy atom. The average molecular weight is 391 g/mol. The summed E-state index contributed by atoms with van der Waals surface area (Å²) < 4.78 is 27.4. The molecule has 2 heterocycles. The van der Waals surface area contributed by atoms with Gasteiger partial charge >= 0.3 is 0 Å². The molecule has 1 aliphatic heterocycles. The molecule has 1 atom stereocenters. The van der Waals surface area contributed by atoms with Crippen LogP contribution in [0.25, 0.3) is 0 Å². The third-order valence-corrected chi connectivity index (χ3v) is 6.98. The van der Waals surface area contributed by atoms with Gasteiger partial charge in [0, 0.05) is 28.2 Å². The molecule has 0 bridgehead atoms. The first-order chi connectivity index (χ1) is 11.0. The van der Waals surface area contributed by atoms with E-state index in [1.165, 1.54) is 11.3 Å². The smallest absolute Gasteiger partial charge is 0.218 e. The van der Waals surface area contributed by atoms with E-state index in [0.29, 0.717) is 22.2 Å². The van der Waals surface area contributed by atoms with Crippen LogP contribution in [-0.4, -0.2) is 24.3 Å². The summed E-state index contributed by atoms with van der Waals surface area (Å²) in [6.45, 7) is 0.529. The Morgan fingerprint density at radius 3 is 2.61 bits per heavy atom. The predicted molar refractivity (Wildman–Crippen MR) is 94.5 cm³/mol. The van der Waals surface area contributed by atoms with Gasteiger partial charge in [-0.05, 0) is 36.6 Å². The highest BCUT2D eigenvalue weighted by molar-refractivity contribution is 7.88. The molecule has 1 saturated heterocycles. The number of nitrogens with zero attached hydrogens (tertiary/aromatic N) is 2. The summed E-state index contributed by atoms with van der Waals surface area (Å²) in [4.78, 5) is 4.31. The lowest BCUT2D eigenvalue weighted by Crippen LogP contribution is -2.39. The maximum Gasteiger partial charge on any atom is 0.218 e. The molecule has 0 spiro atoms. The zero-order valence-electron chi connectivity index (χ0n) is 12.3. The van der Waals surface area contributed by atoms with Gasteiger partial charge in [-0.2, -0.15) is 4.31 Å². The van der Waals surface area contributed by atoms with Gasteiger partial charge < -0.3 is 0 Å². The van der Waals surface area contributed by atoms with E-state index >= 15 is 0 Å². The number of benzene rings is 1. The van der Waals surface area contributed by atoms with Crippen molar-refractivity contribution in [2.45, 2.75) is 31.1 Å². The third-order valence-electron chi connectivity index (χ3n) is 3.82. The SMILES string of the molecule is O=S(=O)(Cc1cc(Cl)cc(Cl)c1)N1CCCC[C@@H]1c1nccs1. The Bertz CT molecular complexity index is 759. The van der Waals surface area contributed by atoms with E-state index in [1.54, 1.807) is 28.7 Å². The second kappa shape index (κ2) is 7.07. The van der Waals surface area contributed by atoms with Crippen LogP contribution >= 0.6 is 34.5 Å². The Hall–Kier alpha value is -0.660. The van der Waals surface area contributed by atoms with E-state index in [0.717, 1.165) is 24.3 Å². The lowest BCUT2D eigenvalue weighted by Gasteiger charge is -2.33. The predicted octanol–water partition coefficient (Wildman–Crippen LogP) is 4.51. The van der Waals surface area contributed by atoms with Gasteiger partial charge in [0.1, 0.15) is 5.01 Å². The zero-order valence-corrected chi connectivity index (χ0v) is 15.4. The second-order valence-electron chi connectivity index (χ2n) is 5.53. The lowest BCUT2D eigenvalue weighted by atomic mass is 10.1. The quantitative estimate of drug-likeness (QED) is 0.771. The van der Waals surface area contributed by atoms with Crippen LogP contribution in [0.3, 0.4) is 0 Å². The summed E-state index contributed by atoms with van der Waals surface area (Å²) in [6, 6.07) is 4.72. The van der Waals surface area contributed by atoms with Crippen molar-refractivity contribution in [2.75, 3.05) is 6.54 Å². The first-order valence-electron chi connectivity index (χ1n) is 7.29. The molecule has 0 saturated carbocycles. The molecular weight excluding hydrogens is 375 g/mol. The summed E-state index contributed by atoms with van der Waals surface area (Å²) in [5, 5.41) is 3.62. The number of aromatic nitrogens is 1. The molecule has 23 heavy (non-hydrogen) atoms. The molecule has 124 valence electrons.